The van der Waals surface area contributed by atoms with Crippen LogP contribution in [0.1, 0.15) is 71.2 Å². The zero-order valence-corrected chi connectivity index (χ0v) is 20.7. The lowest BCUT2D eigenvalue weighted by atomic mass is 9.78. The summed E-state index contributed by atoms with van der Waals surface area (Å²) in [6.07, 6.45) is 8.37. The Kier molecular flexibility index (Phi) is 6.44. The molecule has 0 bridgehead atoms. The fourth-order valence-electron chi connectivity index (χ4n) is 5.29. The lowest BCUT2D eigenvalue weighted by molar-refractivity contribution is 0.0716. The Morgan fingerprint density at radius 1 is 1.25 bits per heavy atom. The van der Waals surface area contributed by atoms with Gasteiger partial charge >= 0.3 is 6.09 Å². The van der Waals surface area contributed by atoms with Crippen molar-refractivity contribution in [2.45, 2.75) is 66.3 Å². The third-order valence-electron chi connectivity index (χ3n) is 6.96. The molecule has 2 atom stereocenters. The molecule has 4 nitrogen and oxygen atoms in total. The van der Waals surface area contributed by atoms with Gasteiger partial charge in [-0.05, 0) is 67.7 Å². The van der Waals surface area contributed by atoms with Gasteiger partial charge in [0.1, 0.15) is 0 Å². The van der Waals surface area contributed by atoms with Gasteiger partial charge in [-0.1, -0.05) is 62.6 Å². The molecule has 1 aliphatic carbocycles. The standard InChI is InChI=1S/C27H35ClN2O2/c1-6-32-26(31)30-14-13-21-22-16-20(28)11-12-23(22)29-24(21)25(30)17(2)15-18-7-9-19(10-8-18)27(3,4)5/h7,9,11-12,16-17,25,29H,6,8,10,13-15H2,1-5H3. The fraction of sp³-hybridized carbons (Fsp3) is 0.519. The molecular formula is C27H35ClN2O2. The number of H-pyrrole nitrogens is 1. The molecule has 0 saturated carbocycles. The number of ether oxygens (including phenoxy) is 1. The molecule has 32 heavy (non-hydrogen) atoms. The Balaban J connectivity index is 1.67. The molecule has 0 radical (unpaired) electrons. The predicted octanol–water partition coefficient (Wildman–Crippen LogP) is 7.60. The number of aromatic nitrogens is 1. The fourth-order valence-corrected chi connectivity index (χ4v) is 5.47. The molecule has 1 aromatic heterocycles. The van der Waals surface area contributed by atoms with E-state index in [2.05, 4.69) is 44.8 Å². The van der Waals surface area contributed by atoms with Crippen LogP contribution in [0.3, 0.4) is 0 Å². The van der Waals surface area contributed by atoms with Crippen molar-refractivity contribution in [1.29, 1.82) is 0 Å². The minimum absolute atomic E-state index is 0.0436. The van der Waals surface area contributed by atoms with Crippen molar-refractivity contribution >= 4 is 28.6 Å². The van der Waals surface area contributed by atoms with Crippen LogP contribution in [0.5, 0.6) is 0 Å². The lowest BCUT2D eigenvalue weighted by Crippen LogP contribution is -2.43. The van der Waals surface area contributed by atoms with Crippen molar-refractivity contribution in [1.82, 2.24) is 9.88 Å². The van der Waals surface area contributed by atoms with Crippen LogP contribution in [0.4, 0.5) is 4.79 Å². The highest BCUT2D eigenvalue weighted by Gasteiger charge is 2.37. The summed E-state index contributed by atoms with van der Waals surface area (Å²) in [5, 5.41) is 1.91. The van der Waals surface area contributed by atoms with Gasteiger partial charge in [-0.3, -0.25) is 4.90 Å². The number of nitrogens with zero attached hydrogens (tertiary/aromatic N) is 1. The van der Waals surface area contributed by atoms with Gasteiger partial charge in [0.05, 0.1) is 12.6 Å². The van der Waals surface area contributed by atoms with Crippen molar-refractivity contribution in [3.8, 4) is 0 Å². The van der Waals surface area contributed by atoms with Crippen molar-refractivity contribution in [3.05, 3.63) is 57.8 Å². The number of nitrogens with one attached hydrogen (secondary N) is 1. The Morgan fingerprint density at radius 3 is 2.69 bits per heavy atom. The number of fused-ring (bicyclic) bond motifs is 3. The van der Waals surface area contributed by atoms with E-state index >= 15 is 0 Å². The van der Waals surface area contributed by atoms with E-state index in [1.54, 1.807) is 0 Å². The monoisotopic (exact) mass is 454 g/mol. The van der Waals surface area contributed by atoms with Crippen LogP contribution in [0.25, 0.3) is 10.9 Å². The molecule has 1 amide bonds. The quantitative estimate of drug-likeness (QED) is 0.517. The van der Waals surface area contributed by atoms with Gasteiger partial charge in [-0.25, -0.2) is 4.79 Å². The number of halogens is 1. The van der Waals surface area contributed by atoms with Crippen molar-refractivity contribution < 1.29 is 9.53 Å². The van der Waals surface area contributed by atoms with Gasteiger partial charge in [0.2, 0.25) is 0 Å². The third kappa shape index (κ3) is 4.47. The molecule has 4 rings (SSSR count). The van der Waals surface area contributed by atoms with Crippen LogP contribution in [0, 0.1) is 11.3 Å². The van der Waals surface area contributed by atoms with E-state index in [1.165, 1.54) is 22.1 Å². The third-order valence-corrected chi connectivity index (χ3v) is 7.20. The molecule has 1 aliphatic heterocycles. The molecule has 2 unspecified atom stereocenters. The summed E-state index contributed by atoms with van der Waals surface area (Å²) in [4.78, 5) is 18.4. The maximum Gasteiger partial charge on any atom is 0.410 e. The maximum atomic E-state index is 12.9. The van der Waals surface area contributed by atoms with E-state index in [4.69, 9.17) is 16.3 Å². The van der Waals surface area contributed by atoms with Crippen LogP contribution >= 0.6 is 11.6 Å². The average Bonchev–Trinajstić information content (AvgIpc) is 3.10. The number of hydrogen-bond acceptors (Lipinski definition) is 2. The minimum atomic E-state index is -0.223. The molecule has 0 fully saturated rings. The summed E-state index contributed by atoms with van der Waals surface area (Å²) in [6.45, 7) is 12.0. The summed E-state index contributed by atoms with van der Waals surface area (Å²) < 4.78 is 5.44. The van der Waals surface area contributed by atoms with Crippen molar-refractivity contribution in [3.63, 3.8) is 0 Å². The van der Waals surface area contributed by atoms with Crippen molar-refractivity contribution in [2.75, 3.05) is 13.2 Å². The van der Waals surface area contributed by atoms with Crippen LogP contribution in [0.2, 0.25) is 5.02 Å². The van der Waals surface area contributed by atoms with Crippen molar-refractivity contribution in [2.24, 2.45) is 11.3 Å². The van der Waals surface area contributed by atoms with E-state index in [-0.39, 0.29) is 23.5 Å². The van der Waals surface area contributed by atoms with E-state index in [0.717, 1.165) is 41.9 Å². The molecule has 1 N–H and O–H groups in total. The number of carbonyl (C=O) groups is 1. The molecule has 0 saturated heterocycles. The van der Waals surface area contributed by atoms with Gasteiger partial charge in [0.15, 0.2) is 0 Å². The summed E-state index contributed by atoms with van der Waals surface area (Å²) in [6, 6.07) is 5.95. The molecule has 5 heteroatoms. The second-order valence-electron chi connectivity index (χ2n) is 10.2. The van der Waals surface area contributed by atoms with Crippen LogP contribution in [0.15, 0.2) is 41.5 Å². The predicted molar refractivity (Wildman–Crippen MR) is 132 cm³/mol. The average molecular weight is 455 g/mol. The van der Waals surface area contributed by atoms with Crippen LogP contribution in [-0.2, 0) is 11.2 Å². The first-order valence-electron chi connectivity index (χ1n) is 11.8. The second-order valence-corrected chi connectivity index (χ2v) is 10.7. The highest BCUT2D eigenvalue weighted by Crippen LogP contribution is 2.42. The maximum absolute atomic E-state index is 12.9. The number of rotatable bonds is 4. The molecule has 2 aromatic rings. The largest absolute Gasteiger partial charge is 0.450 e. The Labute approximate surface area is 196 Å². The summed E-state index contributed by atoms with van der Waals surface area (Å²) in [5.41, 5.74) is 6.69. The first-order valence-corrected chi connectivity index (χ1v) is 12.2. The SMILES string of the molecule is CCOC(=O)N1CCc2c([nH]c3ccc(Cl)cc23)C1C(C)CC1=CC=C(C(C)(C)C)CC1. The number of carbonyl (C=O) groups excluding carboxylic acids is 1. The van der Waals surface area contributed by atoms with Gasteiger partial charge < -0.3 is 9.72 Å². The number of amides is 1. The van der Waals surface area contributed by atoms with Gasteiger partial charge in [0, 0.05) is 28.2 Å². The number of benzene rings is 1. The zero-order chi connectivity index (χ0) is 23.0. The Bertz CT molecular complexity index is 1070. The van der Waals surface area contributed by atoms with E-state index in [0.29, 0.717) is 13.2 Å². The zero-order valence-electron chi connectivity index (χ0n) is 19.9. The highest BCUT2D eigenvalue weighted by atomic mass is 35.5. The number of aromatic amines is 1. The normalized spacial score (nSPS) is 19.9. The molecular weight excluding hydrogens is 420 g/mol. The molecule has 2 heterocycles. The first kappa shape index (κ1) is 23.0. The molecule has 0 spiro atoms. The van der Waals surface area contributed by atoms with Gasteiger partial charge in [-0.2, -0.15) is 0 Å². The molecule has 172 valence electrons. The number of allylic oxidation sites excluding steroid dienone is 4. The van der Waals surface area contributed by atoms with Crippen LogP contribution < -0.4 is 0 Å². The topological polar surface area (TPSA) is 45.3 Å². The Hall–Kier alpha value is -2.20. The van der Waals surface area contributed by atoms with Gasteiger partial charge in [0.25, 0.3) is 0 Å². The van der Waals surface area contributed by atoms with Gasteiger partial charge in [-0.15, -0.1) is 0 Å². The first-order chi connectivity index (χ1) is 15.2. The summed E-state index contributed by atoms with van der Waals surface area (Å²) in [5.74, 6) is 0.262. The Morgan fingerprint density at radius 2 is 2.03 bits per heavy atom. The summed E-state index contributed by atoms with van der Waals surface area (Å²) >= 11 is 6.30. The smallest absolute Gasteiger partial charge is 0.410 e. The van der Waals surface area contributed by atoms with Crippen LogP contribution in [-0.4, -0.2) is 29.1 Å². The van der Waals surface area contributed by atoms with E-state index < -0.39 is 0 Å². The molecule has 2 aliphatic rings. The number of hydrogen-bond donors (Lipinski definition) is 1. The lowest BCUT2D eigenvalue weighted by Gasteiger charge is -2.39. The highest BCUT2D eigenvalue weighted by molar-refractivity contribution is 6.31. The summed E-state index contributed by atoms with van der Waals surface area (Å²) in [7, 11) is 0. The minimum Gasteiger partial charge on any atom is -0.450 e. The van der Waals surface area contributed by atoms with E-state index in [1.807, 2.05) is 30.0 Å². The van der Waals surface area contributed by atoms with E-state index in [9.17, 15) is 4.79 Å². The second kappa shape index (κ2) is 8.97. The molecule has 1 aromatic carbocycles.